The number of benzene rings is 2. The van der Waals surface area contributed by atoms with Gasteiger partial charge in [0.2, 0.25) is 17.7 Å². The first-order chi connectivity index (χ1) is 17.4. The van der Waals surface area contributed by atoms with Gasteiger partial charge in [-0.1, -0.05) is 30.3 Å². The molecule has 3 heterocycles. The van der Waals surface area contributed by atoms with Crippen LogP contribution in [0.2, 0.25) is 0 Å². The van der Waals surface area contributed by atoms with Gasteiger partial charge in [-0.25, -0.2) is 4.39 Å². The molecule has 36 heavy (non-hydrogen) atoms. The average Bonchev–Trinajstić information content (AvgIpc) is 3.11. The van der Waals surface area contributed by atoms with Crippen molar-refractivity contribution in [3.05, 3.63) is 66.0 Å². The molecule has 0 radical (unpaired) electrons. The lowest BCUT2D eigenvalue weighted by molar-refractivity contribution is -0.140. The van der Waals surface area contributed by atoms with Crippen LogP contribution in [0.15, 0.2) is 54.6 Å². The predicted octanol–water partition coefficient (Wildman–Crippen LogP) is 3.05. The fourth-order valence-electron chi connectivity index (χ4n) is 5.80. The lowest BCUT2D eigenvalue weighted by Crippen LogP contribution is -2.52. The van der Waals surface area contributed by atoms with Crippen molar-refractivity contribution in [3.63, 3.8) is 0 Å². The fraction of sp³-hybridized carbons (Fsp3) is 0.464. The minimum absolute atomic E-state index is 0.0100. The third-order valence-corrected chi connectivity index (χ3v) is 8.02. The van der Waals surface area contributed by atoms with E-state index in [1.807, 2.05) is 40.1 Å². The van der Waals surface area contributed by atoms with Crippen LogP contribution < -0.4 is 4.90 Å². The van der Waals surface area contributed by atoms with E-state index in [4.69, 9.17) is 0 Å². The summed E-state index contributed by atoms with van der Waals surface area (Å²) in [5.74, 6) is -0.164. The van der Waals surface area contributed by atoms with Crippen molar-refractivity contribution in [2.45, 2.75) is 44.2 Å². The van der Waals surface area contributed by atoms with E-state index in [2.05, 4.69) is 4.90 Å². The number of likely N-dealkylation sites (tertiary alicyclic amines) is 2. The van der Waals surface area contributed by atoms with Gasteiger partial charge in [-0.2, -0.15) is 0 Å². The first kappa shape index (κ1) is 24.3. The second-order valence-corrected chi connectivity index (χ2v) is 10.1. The summed E-state index contributed by atoms with van der Waals surface area (Å²) in [4.78, 5) is 46.5. The van der Waals surface area contributed by atoms with E-state index < -0.39 is 0 Å². The van der Waals surface area contributed by atoms with E-state index in [-0.39, 0.29) is 35.6 Å². The smallest absolute Gasteiger partial charge is 0.242 e. The summed E-state index contributed by atoms with van der Waals surface area (Å²) in [6, 6.07) is 16.4. The Morgan fingerprint density at radius 2 is 1.47 bits per heavy atom. The molecular formula is C28H33FN4O3. The highest BCUT2D eigenvalue weighted by atomic mass is 19.1. The van der Waals surface area contributed by atoms with E-state index in [0.29, 0.717) is 65.0 Å². The summed E-state index contributed by atoms with van der Waals surface area (Å²) < 4.78 is 13.2. The van der Waals surface area contributed by atoms with Gasteiger partial charge in [0, 0.05) is 63.3 Å². The molecule has 2 aromatic carbocycles. The summed E-state index contributed by atoms with van der Waals surface area (Å²) in [7, 11) is 0. The number of carbonyl (C=O) groups excluding carboxylic acids is 3. The molecule has 8 heteroatoms. The monoisotopic (exact) mass is 492 g/mol. The van der Waals surface area contributed by atoms with Crippen LogP contribution in [0, 0.1) is 5.82 Å². The maximum atomic E-state index is 13.2. The van der Waals surface area contributed by atoms with Crippen molar-refractivity contribution in [1.82, 2.24) is 14.7 Å². The molecule has 190 valence electrons. The van der Waals surface area contributed by atoms with Crippen LogP contribution in [-0.4, -0.2) is 77.2 Å². The Balaban J connectivity index is 1.18. The average molecular weight is 493 g/mol. The first-order valence-electron chi connectivity index (χ1n) is 12.8. The van der Waals surface area contributed by atoms with Crippen LogP contribution in [0.3, 0.4) is 0 Å². The predicted molar refractivity (Wildman–Crippen MR) is 135 cm³/mol. The Kier molecular flexibility index (Phi) is 6.94. The number of nitrogens with zero attached hydrogens (tertiary/aromatic N) is 4. The topological polar surface area (TPSA) is 64.2 Å². The number of hydrogen-bond acceptors (Lipinski definition) is 4. The number of carbonyl (C=O) groups is 3. The van der Waals surface area contributed by atoms with Crippen LogP contribution in [-0.2, 0) is 20.9 Å². The fourth-order valence-corrected chi connectivity index (χ4v) is 5.80. The molecule has 1 atom stereocenters. The van der Waals surface area contributed by atoms with Crippen molar-refractivity contribution in [2.75, 3.05) is 44.2 Å². The molecule has 3 aliphatic heterocycles. The highest BCUT2D eigenvalue weighted by Crippen LogP contribution is 2.40. The number of rotatable bonds is 5. The normalized spacial score (nSPS) is 22.9. The Labute approximate surface area is 211 Å². The molecule has 1 spiro atoms. The first-order valence-corrected chi connectivity index (χ1v) is 12.8. The molecule has 3 aliphatic rings. The molecule has 0 saturated carbocycles. The van der Waals surface area contributed by atoms with Crippen LogP contribution in [0.5, 0.6) is 0 Å². The summed E-state index contributed by atoms with van der Waals surface area (Å²) in [5, 5.41) is 0. The Bertz CT molecular complexity index is 1100. The van der Waals surface area contributed by atoms with E-state index >= 15 is 0 Å². The number of anilines is 1. The van der Waals surface area contributed by atoms with Gasteiger partial charge in [-0.3, -0.25) is 14.4 Å². The molecule has 0 aromatic heterocycles. The maximum Gasteiger partial charge on any atom is 0.242 e. The second kappa shape index (κ2) is 10.3. The van der Waals surface area contributed by atoms with Gasteiger partial charge in [0.05, 0.1) is 6.54 Å². The molecule has 3 saturated heterocycles. The Morgan fingerprint density at radius 3 is 2.17 bits per heavy atom. The van der Waals surface area contributed by atoms with Gasteiger partial charge >= 0.3 is 0 Å². The molecule has 1 unspecified atom stereocenters. The lowest BCUT2D eigenvalue weighted by atomic mass is 9.87. The molecule has 0 bridgehead atoms. The SMILES string of the molecule is O=C(CN1CCC2(CCC1=O)CCC(=O)N2Cc1ccccc1)N1CCN(c2ccc(F)cc2)CC1. The molecule has 7 nitrogen and oxygen atoms in total. The molecule has 2 aromatic rings. The van der Waals surface area contributed by atoms with Crippen molar-refractivity contribution >= 4 is 23.4 Å². The number of halogens is 1. The van der Waals surface area contributed by atoms with Gasteiger partial charge < -0.3 is 19.6 Å². The van der Waals surface area contributed by atoms with E-state index in [1.165, 1.54) is 12.1 Å². The minimum atomic E-state index is -0.318. The van der Waals surface area contributed by atoms with Crippen LogP contribution in [0.1, 0.15) is 37.7 Å². The van der Waals surface area contributed by atoms with E-state index in [0.717, 1.165) is 17.7 Å². The summed E-state index contributed by atoms with van der Waals surface area (Å²) in [6.07, 6.45) is 2.97. The standard InChI is InChI=1S/C28H33FN4O3/c29-23-6-8-24(9-7-23)30-16-18-31(19-17-30)27(36)21-32-15-14-28(12-10-25(32)34)13-11-26(35)33(28)20-22-4-2-1-3-5-22/h1-9H,10-21H2. The summed E-state index contributed by atoms with van der Waals surface area (Å²) in [5.41, 5.74) is 1.72. The molecule has 3 amide bonds. The number of hydrogen-bond donors (Lipinski definition) is 0. The van der Waals surface area contributed by atoms with Gasteiger partial charge in [-0.15, -0.1) is 0 Å². The van der Waals surface area contributed by atoms with Gasteiger partial charge in [0.15, 0.2) is 0 Å². The number of piperazine rings is 1. The molecule has 0 aliphatic carbocycles. The molecule has 5 rings (SSSR count). The molecule has 0 N–H and O–H groups in total. The Morgan fingerprint density at radius 1 is 0.806 bits per heavy atom. The minimum Gasteiger partial charge on any atom is -0.368 e. The maximum absolute atomic E-state index is 13.2. The van der Waals surface area contributed by atoms with Crippen LogP contribution in [0.25, 0.3) is 0 Å². The van der Waals surface area contributed by atoms with Crippen LogP contribution >= 0.6 is 0 Å². The summed E-state index contributed by atoms with van der Waals surface area (Å²) >= 11 is 0. The Hall–Kier alpha value is -3.42. The van der Waals surface area contributed by atoms with Crippen LogP contribution in [0.4, 0.5) is 10.1 Å². The van der Waals surface area contributed by atoms with Gasteiger partial charge in [0.25, 0.3) is 0 Å². The second-order valence-electron chi connectivity index (χ2n) is 10.1. The van der Waals surface area contributed by atoms with E-state index in [9.17, 15) is 18.8 Å². The highest BCUT2D eigenvalue weighted by molar-refractivity contribution is 5.86. The van der Waals surface area contributed by atoms with Crippen molar-refractivity contribution in [2.24, 2.45) is 0 Å². The highest BCUT2D eigenvalue weighted by Gasteiger charge is 2.47. The van der Waals surface area contributed by atoms with Gasteiger partial charge in [-0.05, 0) is 49.1 Å². The zero-order valence-corrected chi connectivity index (χ0v) is 20.6. The molecule has 3 fully saturated rings. The van der Waals surface area contributed by atoms with Gasteiger partial charge in [0.1, 0.15) is 5.82 Å². The molecular weight excluding hydrogens is 459 g/mol. The quantitative estimate of drug-likeness (QED) is 0.644. The number of amides is 3. The zero-order valence-electron chi connectivity index (χ0n) is 20.6. The third-order valence-electron chi connectivity index (χ3n) is 8.02. The summed E-state index contributed by atoms with van der Waals surface area (Å²) in [6.45, 7) is 3.61. The third kappa shape index (κ3) is 5.08. The lowest BCUT2D eigenvalue weighted by Gasteiger charge is -2.38. The van der Waals surface area contributed by atoms with E-state index in [1.54, 1.807) is 17.0 Å². The van der Waals surface area contributed by atoms with Crippen molar-refractivity contribution in [3.8, 4) is 0 Å². The van der Waals surface area contributed by atoms with Crippen molar-refractivity contribution in [1.29, 1.82) is 0 Å². The van der Waals surface area contributed by atoms with Crippen molar-refractivity contribution < 1.29 is 18.8 Å². The largest absolute Gasteiger partial charge is 0.368 e. The zero-order chi connectivity index (χ0) is 25.1.